The average Bonchev–Trinajstić information content (AvgIpc) is 2.62. The van der Waals surface area contributed by atoms with Gasteiger partial charge in [-0.25, -0.2) is 0 Å². The van der Waals surface area contributed by atoms with Crippen LogP contribution >= 0.6 is 0 Å². The van der Waals surface area contributed by atoms with Gasteiger partial charge in [0.1, 0.15) is 0 Å². The molecule has 0 fully saturated rings. The number of fused-ring (bicyclic) bond motifs is 1. The van der Waals surface area contributed by atoms with E-state index in [2.05, 4.69) is 23.7 Å². The minimum absolute atomic E-state index is 0.769. The second-order valence-electron chi connectivity index (χ2n) is 3.35. The van der Waals surface area contributed by atoms with Crippen LogP contribution in [0.4, 0.5) is 5.69 Å². The summed E-state index contributed by atoms with van der Waals surface area (Å²) in [6.45, 7) is 6.05. The normalized spacial score (nSPS) is 10.6. The molecule has 0 radical (unpaired) electrons. The lowest BCUT2D eigenvalue weighted by atomic mass is 10.0. The molecule has 0 atom stereocenters. The quantitative estimate of drug-likeness (QED) is 0.710. The minimum Gasteiger partial charge on any atom is -0.398 e. The van der Waals surface area contributed by atoms with Gasteiger partial charge in [0, 0.05) is 16.6 Å². The molecule has 0 bridgehead atoms. The van der Waals surface area contributed by atoms with Crippen LogP contribution in [0.1, 0.15) is 18.9 Å². The van der Waals surface area contributed by atoms with Crippen LogP contribution in [0.25, 0.3) is 16.5 Å². The molecule has 0 saturated carbocycles. The molecular formula is C11H13N3. The largest absolute Gasteiger partial charge is 0.398 e. The maximum Gasteiger partial charge on any atom is 0.0657 e. The Morgan fingerprint density at radius 2 is 2.36 bits per heavy atom. The third kappa shape index (κ3) is 1.27. The van der Waals surface area contributed by atoms with E-state index in [1.54, 1.807) is 6.20 Å². The number of nitrogen functional groups attached to an aromatic ring is 1. The first kappa shape index (κ1) is 8.81. The molecule has 3 heteroatoms. The van der Waals surface area contributed by atoms with Gasteiger partial charge in [0.2, 0.25) is 0 Å². The molecule has 3 nitrogen and oxygen atoms in total. The summed E-state index contributed by atoms with van der Waals surface area (Å²) in [7, 11) is 0. The number of hydrogen-bond acceptors (Lipinski definition) is 2. The first-order chi connectivity index (χ1) is 6.72. The van der Waals surface area contributed by atoms with Crippen molar-refractivity contribution in [3.05, 3.63) is 30.5 Å². The molecule has 1 aromatic heterocycles. The maximum absolute atomic E-state index is 5.92. The molecule has 14 heavy (non-hydrogen) atoms. The number of benzene rings is 1. The summed E-state index contributed by atoms with van der Waals surface area (Å²) in [6, 6.07) is 3.93. The van der Waals surface area contributed by atoms with Crippen molar-refractivity contribution >= 4 is 22.2 Å². The van der Waals surface area contributed by atoms with Crippen molar-refractivity contribution in [1.29, 1.82) is 0 Å². The van der Waals surface area contributed by atoms with E-state index in [0.29, 0.717) is 0 Å². The van der Waals surface area contributed by atoms with Crippen molar-refractivity contribution in [2.75, 3.05) is 5.73 Å². The molecule has 0 aliphatic rings. The molecule has 0 unspecified atom stereocenters. The molecule has 0 spiro atoms. The van der Waals surface area contributed by atoms with Crippen molar-refractivity contribution < 1.29 is 0 Å². The lowest BCUT2D eigenvalue weighted by molar-refractivity contribution is 1.12. The monoisotopic (exact) mass is 187 g/mol. The number of nitrogens with two attached hydrogens (primary N) is 1. The zero-order valence-electron chi connectivity index (χ0n) is 8.17. The van der Waals surface area contributed by atoms with Crippen LogP contribution in [-0.4, -0.2) is 10.2 Å². The summed E-state index contributed by atoms with van der Waals surface area (Å²) in [6.07, 6.45) is 2.67. The fraction of sp³-hybridized carbons (Fsp3) is 0.182. The number of aromatic nitrogens is 2. The molecule has 0 saturated heterocycles. The Labute approximate surface area is 82.6 Å². The minimum atomic E-state index is 0.769. The summed E-state index contributed by atoms with van der Waals surface area (Å²) in [5, 5.41) is 7.92. The van der Waals surface area contributed by atoms with Gasteiger partial charge >= 0.3 is 0 Å². The molecule has 72 valence electrons. The Morgan fingerprint density at radius 3 is 3.07 bits per heavy atom. The number of aromatic amines is 1. The predicted octanol–water partition coefficient (Wildman–Crippen LogP) is 2.57. The van der Waals surface area contributed by atoms with E-state index >= 15 is 0 Å². The van der Waals surface area contributed by atoms with E-state index < -0.39 is 0 Å². The Balaban J connectivity index is 2.64. The number of rotatable bonds is 2. The summed E-state index contributed by atoms with van der Waals surface area (Å²) < 4.78 is 0. The standard InChI is InChI=1S/C11H13N3/c1-3-7(2)9-5-11-8(4-10(9)12)6-13-14-11/h4-6H,2-3,12H2,1H3,(H,13,14). The van der Waals surface area contributed by atoms with Gasteiger partial charge in [-0.1, -0.05) is 13.5 Å². The van der Waals surface area contributed by atoms with Crippen LogP contribution in [0, 0.1) is 0 Å². The van der Waals surface area contributed by atoms with Gasteiger partial charge in [-0.2, -0.15) is 5.10 Å². The molecule has 3 N–H and O–H groups in total. The highest BCUT2D eigenvalue weighted by molar-refractivity contribution is 5.88. The van der Waals surface area contributed by atoms with E-state index in [9.17, 15) is 0 Å². The van der Waals surface area contributed by atoms with E-state index in [0.717, 1.165) is 34.1 Å². The smallest absolute Gasteiger partial charge is 0.0657 e. The first-order valence-corrected chi connectivity index (χ1v) is 4.63. The van der Waals surface area contributed by atoms with Crippen LogP contribution in [-0.2, 0) is 0 Å². The molecule has 2 rings (SSSR count). The molecular weight excluding hydrogens is 174 g/mol. The van der Waals surface area contributed by atoms with Crippen LogP contribution < -0.4 is 5.73 Å². The molecule has 0 aliphatic heterocycles. The van der Waals surface area contributed by atoms with E-state index in [-0.39, 0.29) is 0 Å². The van der Waals surface area contributed by atoms with Crippen molar-refractivity contribution in [1.82, 2.24) is 10.2 Å². The lowest BCUT2D eigenvalue weighted by Crippen LogP contribution is -1.92. The Hall–Kier alpha value is -1.77. The summed E-state index contributed by atoms with van der Waals surface area (Å²) in [5.41, 5.74) is 9.76. The fourth-order valence-electron chi connectivity index (χ4n) is 1.51. The van der Waals surface area contributed by atoms with Gasteiger partial charge in [-0.15, -0.1) is 0 Å². The number of hydrogen-bond donors (Lipinski definition) is 2. The van der Waals surface area contributed by atoms with Crippen LogP contribution in [0.2, 0.25) is 0 Å². The summed E-state index contributed by atoms with van der Waals surface area (Å²) in [5.74, 6) is 0. The predicted molar refractivity (Wildman–Crippen MR) is 59.8 cm³/mol. The molecule has 0 amide bonds. The fourth-order valence-corrected chi connectivity index (χ4v) is 1.51. The van der Waals surface area contributed by atoms with E-state index in [1.807, 2.05) is 12.1 Å². The van der Waals surface area contributed by atoms with E-state index in [1.165, 1.54) is 0 Å². The van der Waals surface area contributed by atoms with Crippen LogP contribution in [0.5, 0.6) is 0 Å². The number of allylic oxidation sites excluding steroid dienone is 1. The third-order valence-electron chi connectivity index (χ3n) is 2.42. The van der Waals surface area contributed by atoms with Gasteiger partial charge in [0.05, 0.1) is 11.7 Å². The highest BCUT2D eigenvalue weighted by atomic mass is 15.1. The van der Waals surface area contributed by atoms with Crippen molar-refractivity contribution in [2.45, 2.75) is 13.3 Å². The SMILES string of the molecule is C=C(CC)c1cc2[nH]ncc2cc1N. The van der Waals surface area contributed by atoms with Crippen LogP contribution in [0.15, 0.2) is 24.9 Å². The highest BCUT2D eigenvalue weighted by Gasteiger charge is 2.05. The molecule has 1 aromatic carbocycles. The Morgan fingerprint density at radius 1 is 1.57 bits per heavy atom. The number of nitrogens with one attached hydrogen (secondary N) is 1. The number of anilines is 1. The van der Waals surface area contributed by atoms with Gasteiger partial charge in [-0.3, -0.25) is 5.10 Å². The molecule has 2 aromatic rings. The van der Waals surface area contributed by atoms with Gasteiger partial charge in [0.25, 0.3) is 0 Å². The lowest BCUT2D eigenvalue weighted by Gasteiger charge is -2.06. The van der Waals surface area contributed by atoms with Crippen molar-refractivity contribution in [2.24, 2.45) is 0 Å². The zero-order valence-corrected chi connectivity index (χ0v) is 8.17. The Kier molecular flexibility index (Phi) is 2.00. The second-order valence-corrected chi connectivity index (χ2v) is 3.35. The zero-order chi connectivity index (χ0) is 10.1. The van der Waals surface area contributed by atoms with Crippen molar-refractivity contribution in [3.63, 3.8) is 0 Å². The van der Waals surface area contributed by atoms with Gasteiger partial charge < -0.3 is 5.73 Å². The van der Waals surface area contributed by atoms with Crippen LogP contribution in [0.3, 0.4) is 0 Å². The summed E-state index contributed by atoms with van der Waals surface area (Å²) in [4.78, 5) is 0. The number of H-pyrrole nitrogens is 1. The van der Waals surface area contributed by atoms with E-state index in [4.69, 9.17) is 5.73 Å². The Bertz CT molecular complexity index is 482. The second kappa shape index (κ2) is 3.18. The topological polar surface area (TPSA) is 54.7 Å². The molecule has 1 heterocycles. The average molecular weight is 187 g/mol. The number of nitrogens with zero attached hydrogens (tertiary/aromatic N) is 1. The first-order valence-electron chi connectivity index (χ1n) is 4.63. The van der Waals surface area contributed by atoms with Gasteiger partial charge in [0.15, 0.2) is 0 Å². The highest BCUT2D eigenvalue weighted by Crippen LogP contribution is 2.26. The maximum atomic E-state index is 5.92. The summed E-state index contributed by atoms with van der Waals surface area (Å²) >= 11 is 0. The third-order valence-corrected chi connectivity index (χ3v) is 2.42. The van der Waals surface area contributed by atoms with Crippen molar-refractivity contribution in [3.8, 4) is 0 Å². The van der Waals surface area contributed by atoms with Gasteiger partial charge in [-0.05, 0) is 24.1 Å². The molecule has 0 aliphatic carbocycles.